The molecule has 0 saturated carbocycles. The second-order valence-corrected chi connectivity index (χ2v) is 3.91. The van der Waals surface area contributed by atoms with Crippen LogP contribution in [0.4, 0.5) is 4.39 Å². The van der Waals surface area contributed by atoms with Crippen LogP contribution in [0.3, 0.4) is 0 Å². The predicted octanol–water partition coefficient (Wildman–Crippen LogP) is 2.53. The second kappa shape index (κ2) is 4.10. The van der Waals surface area contributed by atoms with Crippen molar-refractivity contribution >= 4 is 10.8 Å². The van der Waals surface area contributed by atoms with E-state index < -0.39 is 0 Å². The van der Waals surface area contributed by atoms with E-state index in [0.29, 0.717) is 17.0 Å². The van der Waals surface area contributed by atoms with Crippen molar-refractivity contribution in [2.75, 3.05) is 0 Å². The van der Waals surface area contributed by atoms with Crippen LogP contribution in [-0.4, -0.2) is 20.4 Å². The normalized spacial score (nSPS) is 10.8. The Kier molecular flexibility index (Phi) is 2.44. The van der Waals surface area contributed by atoms with Crippen molar-refractivity contribution in [1.82, 2.24) is 20.4 Å². The molecule has 3 rings (SSSR count). The summed E-state index contributed by atoms with van der Waals surface area (Å²) in [7, 11) is 0. The smallest absolute Gasteiger partial charge is 0.204 e. The fourth-order valence-electron chi connectivity index (χ4n) is 1.84. The first-order chi connectivity index (χ1) is 8.75. The van der Waals surface area contributed by atoms with Gasteiger partial charge in [-0.1, -0.05) is 24.3 Å². The number of rotatable bonds is 1. The summed E-state index contributed by atoms with van der Waals surface area (Å²) in [4.78, 5) is 0. The highest BCUT2D eigenvalue weighted by Gasteiger charge is 2.10. The first kappa shape index (κ1) is 10.7. The Labute approximate surface area is 103 Å². The van der Waals surface area contributed by atoms with Crippen LogP contribution in [0.25, 0.3) is 22.2 Å². The molecule has 0 fully saturated rings. The zero-order valence-corrected chi connectivity index (χ0v) is 9.63. The van der Waals surface area contributed by atoms with Crippen molar-refractivity contribution in [3.05, 3.63) is 48.0 Å². The molecule has 0 aliphatic heterocycles. The van der Waals surface area contributed by atoms with Crippen LogP contribution in [0, 0.1) is 12.7 Å². The Morgan fingerprint density at radius 2 is 1.50 bits per heavy atom. The topological polar surface area (TPSA) is 51.6 Å². The minimum atomic E-state index is -0.262. The minimum Gasteiger partial charge on any atom is -0.206 e. The highest BCUT2D eigenvalue weighted by atomic mass is 19.1. The van der Waals surface area contributed by atoms with Crippen molar-refractivity contribution in [3.8, 4) is 11.4 Å². The molecule has 18 heavy (non-hydrogen) atoms. The molecule has 0 radical (unpaired) electrons. The van der Waals surface area contributed by atoms with E-state index in [4.69, 9.17) is 0 Å². The molecule has 88 valence electrons. The van der Waals surface area contributed by atoms with E-state index in [1.165, 1.54) is 6.07 Å². The molecule has 2 aromatic carbocycles. The van der Waals surface area contributed by atoms with E-state index in [0.717, 1.165) is 10.9 Å². The third kappa shape index (κ3) is 1.69. The number of hydrogen-bond acceptors (Lipinski definition) is 4. The summed E-state index contributed by atoms with van der Waals surface area (Å²) < 4.78 is 13.7. The molecule has 1 aromatic heterocycles. The van der Waals surface area contributed by atoms with Crippen LogP contribution < -0.4 is 0 Å². The summed E-state index contributed by atoms with van der Waals surface area (Å²) in [5.41, 5.74) is 0.729. The van der Waals surface area contributed by atoms with E-state index in [1.54, 1.807) is 25.1 Å². The van der Waals surface area contributed by atoms with Gasteiger partial charge in [0.05, 0.1) is 0 Å². The monoisotopic (exact) mass is 240 g/mol. The number of halogens is 1. The van der Waals surface area contributed by atoms with Crippen molar-refractivity contribution in [1.29, 1.82) is 0 Å². The van der Waals surface area contributed by atoms with Gasteiger partial charge >= 0.3 is 0 Å². The fourth-order valence-corrected chi connectivity index (χ4v) is 1.84. The van der Waals surface area contributed by atoms with Crippen LogP contribution >= 0.6 is 0 Å². The molecule has 5 heteroatoms. The van der Waals surface area contributed by atoms with Gasteiger partial charge in [0.25, 0.3) is 0 Å². The van der Waals surface area contributed by atoms with Gasteiger partial charge in [-0.2, -0.15) is 0 Å². The molecular weight excluding hydrogens is 231 g/mol. The maximum absolute atomic E-state index is 13.7. The summed E-state index contributed by atoms with van der Waals surface area (Å²) in [6, 6.07) is 10.2. The van der Waals surface area contributed by atoms with Crippen molar-refractivity contribution in [2.45, 2.75) is 6.92 Å². The molecule has 0 amide bonds. The number of fused-ring (bicyclic) bond motifs is 1. The molecule has 0 spiro atoms. The van der Waals surface area contributed by atoms with Gasteiger partial charge in [0.15, 0.2) is 5.82 Å². The summed E-state index contributed by atoms with van der Waals surface area (Å²) >= 11 is 0. The highest BCUT2D eigenvalue weighted by Crippen LogP contribution is 2.27. The number of aryl methyl sites for hydroxylation is 1. The molecule has 0 atom stereocenters. The zero-order chi connectivity index (χ0) is 12.5. The van der Waals surface area contributed by atoms with Gasteiger partial charge in [-0.05, 0) is 24.4 Å². The van der Waals surface area contributed by atoms with Crippen LogP contribution in [0.5, 0.6) is 0 Å². The molecule has 0 saturated heterocycles. The third-order valence-electron chi connectivity index (χ3n) is 2.69. The molecule has 4 nitrogen and oxygen atoms in total. The zero-order valence-electron chi connectivity index (χ0n) is 9.63. The van der Waals surface area contributed by atoms with Crippen LogP contribution in [0.15, 0.2) is 36.4 Å². The van der Waals surface area contributed by atoms with Gasteiger partial charge < -0.3 is 0 Å². The maximum atomic E-state index is 13.7. The number of hydrogen-bond donors (Lipinski definition) is 0. The standard InChI is InChI=1S/C13H9FN4/c1-8-15-17-13(18-16-8)11-6-7-12(14)10-5-3-2-4-9(10)11/h2-7H,1H3. The van der Waals surface area contributed by atoms with E-state index in [-0.39, 0.29) is 5.82 Å². The molecule has 0 aliphatic carbocycles. The lowest BCUT2D eigenvalue weighted by Gasteiger charge is -2.05. The van der Waals surface area contributed by atoms with Crippen molar-refractivity contribution < 1.29 is 4.39 Å². The largest absolute Gasteiger partial charge is 0.206 e. The lowest BCUT2D eigenvalue weighted by atomic mass is 10.0. The fraction of sp³-hybridized carbons (Fsp3) is 0.0769. The summed E-state index contributed by atoms with van der Waals surface area (Å²) in [5, 5.41) is 17.0. The Balaban J connectivity index is 2.30. The quantitative estimate of drug-likeness (QED) is 0.655. The van der Waals surface area contributed by atoms with Crippen molar-refractivity contribution in [3.63, 3.8) is 0 Å². The third-order valence-corrected chi connectivity index (χ3v) is 2.69. The predicted molar refractivity (Wildman–Crippen MR) is 65.3 cm³/mol. The van der Waals surface area contributed by atoms with Crippen LogP contribution in [-0.2, 0) is 0 Å². The Bertz CT molecular complexity index is 710. The van der Waals surface area contributed by atoms with Crippen molar-refractivity contribution in [2.24, 2.45) is 0 Å². The minimum absolute atomic E-state index is 0.262. The van der Waals surface area contributed by atoms with E-state index >= 15 is 0 Å². The van der Waals surface area contributed by atoms with Gasteiger partial charge in [0.2, 0.25) is 5.82 Å². The molecule has 0 unspecified atom stereocenters. The van der Waals surface area contributed by atoms with Gasteiger partial charge in [-0.25, -0.2) is 4.39 Å². The molecule has 0 bridgehead atoms. The Hall–Kier alpha value is -2.43. The first-order valence-corrected chi connectivity index (χ1v) is 5.47. The Morgan fingerprint density at radius 3 is 2.22 bits per heavy atom. The van der Waals surface area contributed by atoms with Crippen LogP contribution in [0.1, 0.15) is 5.82 Å². The molecular formula is C13H9FN4. The average molecular weight is 240 g/mol. The van der Waals surface area contributed by atoms with Crippen LogP contribution in [0.2, 0.25) is 0 Å². The Morgan fingerprint density at radius 1 is 0.833 bits per heavy atom. The molecule has 0 N–H and O–H groups in total. The number of aromatic nitrogens is 4. The van der Waals surface area contributed by atoms with Gasteiger partial charge in [0, 0.05) is 10.9 Å². The lowest BCUT2D eigenvalue weighted by molar-refractivity contribution is 0.640. The summed E-state index contributed by atoms with van der Waals surface area (Å²) in [6.07, 6.45) is 0. The van der Waals surface area contributed by atoms with E-state index in [1.807, 2.05) is 12.1 Å². The number of benzene rings is 2. The van der Waals surface area contributed by atoms with E-state index in [2.05, 4.69) is 20.4 Å². The molecule has 0 aliphatic rings. The second-order valence-electron chi connectivity index (χ2n) is 3.91. The van der Waals surface area contributed by atoms with Gasteiger partial charge in [0.1, 0.15) is 5.82 Å². The van der Waals surface area contributed by atoms with Gasteiger partial charge in [-0.15, -0.1) is 20.4 Å². The average Bonchev–Trinajstić information content (AvgIpc) is 2.41. The van der Waals surface area contributed by atoms with E-state index in [9.17, 15) is 4.39 Å². The maximum Gasteiger partial charge on any atom is 0.204 e. The molecule has 1 heterocycles. The summed E-state index contributed by atoms with van der Waals surface area (Å²) in [6.45, 7) is 1.71. The molecule has 3 aromatic rings. The lowest BCUT2D eigenvalue weighted by Crippen LogP contribution is -1.99. The SMILES string of the molecule is Cc1nnc(-c2ccc(F)c3ccccc23)nn1. The first-order valence-electron chi connectivity index (χ1n) is 5.47. The highest BCUT2D eigenvalue weighted by molar-refractivity contribution is 5.95. The number of nitrogens with zero attached hydrogens (tertiary/aromatic N) is 4. The summed E-state index contributed by atoms with van der Waals surface area (Å²) in [5.74, 6) is 0.643. The van der Waals surface area contributed by atoms with Gasteiger partial charge in [-0.3, -0.25) is 0 Å².